The Bertz CT molecular complexity index is 683. The summed E-state index contributed by atoms with van der Waals surface area (Å²) in [5.41, 5.74) is 0.809. The molecule has 1 aromatic carbocycles. The van der Waals surface area contributed by atoms with Crippen molar-refractivity contribution in [2.45, 2.75) is 20.3 Å². The number of benzene rings is 1. The maximum atomic E-state index is 12.7. The van der Waals surface area contributed by atoms with Gasteiger partial charge in [-0.05, 0) is 25.5 Å². The lowest BCUT2D eigenvalue weighted by molar-refractivity contribution is -0.793. The third kappa shape index (κ3) is 2.70. The van der Waals surface area contributed by atoms with Crippen molar-refractivity contribution in [3.8, 4) is 5.75 Å². The van der Waals surface area contributed by atoms with E-state index in [1.54, 1.807) is 0 Å². The van der Waals surface area contributed by atoms with Crippen LogP contribution in [0.15, 0.2) is 41.3 Å². The Morgan fingerprint density at radius 2 is 2.13 bits per heavy atom. The van der Waals surface area contributed by atoms with Crippen molar-refractivity contribution < 1.29 is 14.0 Å². The number of hydrogen-bond donors (Lipinski definition) is 1. The number of nitrogens with one attached hydrogen (secondary N) is 1. The number of amidine groups is 1. The fraction of sp³-hybridized carbons (Fsp3) is 0.412. The van der Waals surface area contributed by atoms with E-state index in [9.17, 15) is 4.79 Å². The third-order valence-electron chi connectivity index (χ3n) is 4.12. The van der Waals surface area contributed by atoms with Crippen LogP contribution in [0.3, 0.4) is 0 Å². The Labute approximate surface area is 136 Å². The lowest BCUT2D eigenvalue weighted by Gasteiger charge is -2.31. The smallest absolute Gasteiger partial charge is 0.429 e. The predicted molar refractivity (Wildman–Crippen MR) is 88.8 cm³/mol. The summed E-state index contributed by atoms with van der Waals surface area (Å²) < 4.78 is 5.82. The molecule has 2 heterocycles. The lowest BCUT2D eigenvalue weighted by Crippen LogP contribution is -2.58. The van der Waals surface area contributed by atoms with E-state index in [-0.39, 0.29) is 10.5 Å². The zero-order valence-electron chi connectivity index (χ0n) is 13.9. The van der Waals surface area contributed by atoms with Crippen molar-refractivity contribution in [2.75, 3.05) is 26.9 Å². The highest BCUT2D eigenvalue weighted by molar-refractivity contribution is 6.09. The highest BCUT2D eigenvalue weighted by Crippen LogP contribution is 2.30. The number of ether oxygens (including phenoxy) is 1. The first-order chi connectivity index (χ1) is 11.1. The fourth-order valence-corrected chi connectivity index (χ4v) is 2.94. The van der Waals surface area contributed by atoms with Crippen molar-refractivity contribution in [1.82, 2.24) is 10.2 Å². The van der Waals surface area contributed by atoms with Gasteiger partial charge in [0.1, 0.15) is 5.75 Å². The zero-order valence-corrected chi connectivity index (χ0v) is 13.9. The first kappa shape index (κ1) is 15.6. The normalized spacial score (nSPS) is 23.1. The average molecular weight is 315 g/mol. The van der Waals surface area contributed by atoms with Gasteiger partial charge in [0.15, 0.2) is 12.5 Å². The predicted octanol–water partition coefficient (Wildman–Crippen LogP) is 2.48. The Hall–Kier alpha value is -2.34. The highest BCUT2D eigenvalue weighted by atomic mass is 16.5. The first-order valence-corrected chi connectivity index (χ1v) is 8.03. The summed E-state index contributed by atoms with van der Waals surface area (Å²) in [4.78, 5) is 19.5. The van der Waals surface area contributed by atoms with E-state index in [0.29, 0.717) is 19.1 Å². The fourth-order valence-electron chi connectivity index (χ4n) is 2.94. The number of carbonyl (C=O) groups excluding carboxylic acids is 1. The van der Waals surface area contributed by atoms with E-state index >= 15 is 0 Å². The lowest BCUT2D eigenvalue weighted by atomic mass is 10.1. The summed E-state index contributed by atoms with van der Waals surface area (Å²) in [6.45, 7) is 6.18. The molecule has 2 aliphatic heterocycles. The van der Waals surface area contributed by atoms with Gasteiger partial charge in [0, 0.05) is 6.54 Å². The van der Waals surface area contributed by atoms with E-state index < -0.39 is 0 Å². The molecule has 2 amide bonds. The van der Waals surface area contributed by atoms with Crippen LogP contribution in [0.2, 0.25) is 0 Å². The van der Waals surface area contributed by atoms with Crippen molar-refractivity contribution in [2.24, 2.45) is 4.99 Å². The van der Waals surface area contributed by atoms with Crippen molar-refractivity contribution >= 4 is 11.9 Å². The van der Waals surface area contributed by atoms with Crippen LogP contribution in [0, 0.1) is 0 Å². The van der Waals surface area contributed by atoms with Gasteiger partial charge in [0.25, 0.3) is 5.82 Å². The number of fused-ring (bicyclic) bond motifs is 1. The molecule has 1 N–H and O–H groups in total. The zero-order chi connectivity index (χ0) is 16.4. The minimum atomic E-state index is -0.0637. The molecule has 6 nitrogen and oxygen atoms in total. The Balaban J connectivity index is 1.99. The molecule has 0 fully saturated rings. The number of amides is 2. The Morgan fingerprint density at radius 3 is 2.87 bits per heavy atom. The minimum Gasteiger partial charge on any atom is -0.493 e. The summed E-state index contributed by atoms with van der Waals surface area (Å²) in [5.74, 6) is 2.05. The molecular weight excluding hydrogens is 292 g/mol. The van der Waals surface area contributed by atoms with Crippen LogP contribution < -0.4 is 10.1 Å². The van der Waals surface area contributed by atoms with Gasteiger partial charge in [-0.3, -0.25) is 5.32 Å². The van der Waals surface area contributed by atoms with Crippen LogP contribution >= 0.6 is 0 Å². The number of carbonyl (C=O) groups is 1. The quantitative estimate of drug-likeness (QED) is 0.849. The number of para-hydroxylation sites is 1. The largest absolute Gasteiger partial charge is 0.493 e. The van der Waals surface area contributed by atoms with Gasteiger partial charge in [-0.1, -0.05) is 19.1 Å². The second kappa shape index (κ2) is 6.04. The molecule has 0 saturated heterocycles. The molecule has 122 valence electrons. The van der Waals surface area contributed by atoms with Crippen LogP contribution in [-0.4, -0.2) is 48.1 Å². The molecule has 1 unspecified atom stereocenters. The first-order valence-electron chi connectivity index (χ1n) is 8.03. The van der Waals surface area contributed by atoms with Crippen LogP contribution in [-0.2, 0) is 0 Å². The van der Waals surface area contributed by atoms with Gasteiger partial charge in [0.05, 0.1) is 25.4 Å². The molecular formula is C17H23N4O2+. The molecule has 6 heteroatoms. The van der Waals surface area contributed by atoms with Gasteiger partial charge >= 0.3 is 6.03 Å². The second-order valence-corrected chi connectivity index (χ2v) is 5.95. The standard InChI is InChI=1S/C17H22N4O2/c1-4-10-20-11-15-18-16(19-17(22)21(15,3)12-20)13-8-6-7-9-14(13)23-5-2/h6-9,11H,4-5,10,12H2,1-3H3/p+1. The van der Waals surface area contributed by atoms with Gasteiger partial charge < -0.3 is 9.64 Å². The van der Waals surface area contributed by atoms with E-state index in [1.165, 1.54) is 0 Å². The second-order valence-electron chi connectivity index (χ2n) is 5.95. The summed E-state index contributed by atoms with van der Waals surface area (Å²) in [7, 11) is 1.89. The van der Waals surface area contributed by atoms with Gasteiger partial charge in [-0.2, -0.15) is 9.48 Å². The molecule has 2 aliphatic rings. The molecule has 0 saturated carbocycles. The summed E-state index contributed by atoms with van der Waals surface area (Å²) in [5, 5.41) is 2.94. The summed E-state index contributed by atoms with van der Waals surface area (Å²) in [6, 6.07) is 7.58. The number of nitrogens with zero attached hydrogens (tertiary/aromatic N) is 3. The Kier molecular flexibility index (Phi) is 4.09. The molecule has 1 atom stereocenters. The van der Waals surface area contributed by atoms with Crippen LogP contribution in [0.1, 0.15) is 25.8 Å². The highest BCUT2D eigenvalue weighted by Gasteiger charge is 2.47. The van der Waals surface area contributed by atoms with Crippen LogP contribution in [0.5, 0.6) is 5.75 Å². The molecule has 0 spiro atoms. The van der Waals surface area contributed by atoms with E-state index in [1.807, 2.05) is 44.4 Å². The number of quaternary nitrogens is 1. The van der Waals surface area contributed by atoms with Crippen LogP contribution in [0.25, 0.3) is 0 Å². The van der Waals surface area contributed by atoms with E-state index in [2.05, 4.69) is 17.1 Å². The van der Waals surface area contributed by atoms with Crippen molar-refractivity contribution in [3.05, 3.63) is 41.8 Å². The molecule has 1 aromatic rings. The SMILES string of the molecule is CCCN1C=C2N=C(c3ccccc3OCC)NC(=O)[N+]2(C)C1. The number of hydrogen-bond acceptors (Lipinski definition) is 4. The molecule has 23 heavy (non-hydrogen) atoms. The van der Waals surface area contributed by atoms with Crippen molar-refractivity contribution in [1.29, 1.82) is 0 Å². The maximum absolute atomic E-state index is 12.7. The maximum Gasteiger partial charge on any atom is 0.429 e. The van der Waals surface area contributed by atoms with Crippen molar-refractivity contribution in [3.63, 3.8) is 0 Å². The molecule has 0 bridgehead atoms. The minimum absolute atomic E-state index is 0.0637. The molecule has 3 rings (SSSR count). The average Bonchev–Trinajstić information content (AvgIpc) is 2.86. The van der Waals surface area contributed by atoms with Gasteiger partial charge in [-0.15, -0.1) is 0 Å². The van der Waals surface area contributed by atoms with E-state index in [4.69, 9.17) is 9.73 Å². The van der Waals surface area contributed by atoms with E-state index in [0.717, 1.165) is 30.1 Å². The molecule has 0 radical (unpaired) electrons. The summed E-state index contributed by atoms with van der Waals surface area (Å²) >= 11 is 0. The van der Waals surface area contributed by atoms with Gasteiger partial charge in [0.2, 0.25) is 0 Å². The topological polar surface area (TPSA) is 53.9 Å². The van der Waals surface area contributed by atoms with Crippen LogP contribution in [0.4, 0.5) is 4.79 Å². The third-order valence-corrected chi connectivity index (χ3v) is 4.12. The number of urea groups is 1. The Morgan fingerprint density at radius 1 is 1.35 bits per heavy atom. The summed E-state index contributed by atoms with van der Waals surface area (Å²) in [6.07, 6.45) is 3.03. The van der Waals surface area contributed by atoms with Gasteiger partial charge in [-0.25, -0.2) is 4.79 Å². The monoisotopic (exact) mass is 315 g/mol. The number of rotatable bonds is 5. The molecule has 0 aliphatic carbocycles. The number of aliphatic imine (C=N–C) groups is 1. The molecule has 0 aromatic heterocycles.